The molecule has 0 fully saturated rings. The van der Waals surface area contributed by atoms with Gasteiger partial charge in [-0.05, 0) is 29.7 Å². The summed E-state index contributed by atoms with van der Waals surface area (Å²) < 4.78 is 17.4. The minimum absolute atomic E-state index is 0.151. The smallest absolute Gasteiger partial charge is 0.311 e. The van der Waals surface area contributed by atoms with E-state index in [1.807, 2.05) is 48.5 Å². The number of aromatic nitrogens is 2. The maximum absolute atomic E-state index is 12.9. The second-order valence-corrected chi connectivity index (χ2v) is 7.08. The second-order valence-electron chi connectivity index (χ2n) is 7.08. The van der Waals surface area contributed by atoms with Crippen LogP contribution < -0.4 is 24.7 Å². The Balaban J connectivity index is 1.56. The maximum atomic E-state index is 12.9. The summed E-state index contributed by atoms with van der Waals surface area (Å²) in [4.78, 5) is 27.0. The highest BCUT2D eigenvalue weighted by atomic mass is 16.5. The number of rotatable bonds is 7. The molecule has 0 unspecified atom stereocenters. The number of hydrogen-bond donors (Lipinski definition) is 0. The van der Waals surface area contributed by atoms with E-state index >= 15 is 0 Å². The van der Waals surface area contributed by atoms with Gasteiger partial charge < -0.3 is 19.1 Å². The molecule has 2 aromatic carbocycles. The van der Waals surface area contributed by atoms with Crippen LogP contribution in [0.25, 0.3) is 0 Å². The molecule has 0 saturated carbocycles. The molecule has 0 radical (unpaired) electrons. The molecule has 0 spiro atoms. The van der Waals surface area contributed by atoms with Crippen molar-refractivity contribution >= 4 is 11.6 Å². The fourth-order valence-corrected chi connectivity index (χ4v) is 3.53. The summed E-state index contributed by atoms with van der Waals surface area (Å²) in [6, 6.07) is 15.2. The van der Waals surface area contributed by atoms with E-state index in [1.165, 1.54) is 10.9 Å². The average molecular weight is 421 g/mol. The number of fused-ring (bicyclic) bond motifs is 1. The number of carbonyl (C=O) groups is 1. The lowest BCUT2D eigenvalue weighted by molar-refractivity contribution is -0.121. The van der Waals surface area contributed by atoms with Crippen LogP contribution in [0.1, 0.15) is 11.1 Å². The van der Waals surface area contributed by atoms with Crippen molar-refractivity contribution in [2.75, 3.05) is 32.3 Å². The average Bonchev–Trinajstić information content (AvgIpc) is 2.80. The molecule has 1 aromatic heterocycles. The summed E-state index contributed by atoms with van der Waals surface area (Å²) >= 11 is 0. The standard InChI is InChI=1S/C23H23N3O5/c1-29-19-9-8-16(12-20(19)30-2)10-11-25-18-13-24-26(14-17-6-4-3-5-7-17)23(28)22(18)31-15-21(25)27/h3-9,12-13H,10-11,14-15H2,1-2H3. The normalized spacial score (nSPS) is 12.8. The van der Waals surface area contributed by atoms with Gasteiger partial charge in [0.25, 0.3) is 5.91 Å². The Hall–Kier alpha value is -3.81. The Morgan fingerprint density at radius 2 is 1.77 bits per heavy atom. The third-order valence-corrected chi connectivity index (χ3v) is 5.16. The maximum Gasteiger partial charge on any atom is 0.311 e. The number of methoxy groups -OCH3 is 2. The van der Waals surface area contributed by atoms with Crippen molar-refractivity contribution in [2.24, 2.45) is 0 Å². The Kier molecular flexibility index (Phi) is 5.88. The van der Waals surface area contributed by atoms with Gasteiger partial charge in [0.1, 0.15) is 5.69 Å². The SMILES string of the molecule is COc1ccc(CCN2C(=O)COc3c2cnn(Cc2ccccc2)c3=O)cc1OC. The molecule has 8 nitrogen and oxygen atoms in total. The summed E-state index contributed by atoms with van der Waals surface area (Å²) in [6.07, 6.45) is 2.09. The monoisotopic (exact) mass is 421 g/mol. The van der Waals surface area contributed by atoms with Crippen LogP contribution in [0.3, 0.4) is 0 Å². The van der Waals surface area contributed by atoms with Crippen molar-refractivity contribution < 1.29 is 19.0 Å². The van der Waals surface area contributed by atoms with Crippen LogP contribution in [-0.4, -0.2) is 43.1 Å². The van der Waals surface area contributed by atoms with Gasteiger partial charge in [-0.25, -0.2) is 4.68 Å². The Morgan fingerprint density at radius 3 is 2.52 bits per heavy atom. The van der Waals surface area contributed by atoms with E-state index < -0.39 is 0 Å². The summed E-state index contributed by atoms with van der Waals surface area (Å²) in [7, 11) is 3.16. The second kappa shape index (κ2) is 8.91. The van der Waals surface area contributed by atoms with Gasteiger partial charge in [0.15, 0.2) is 18.1 Å². The predicted molar refractivity (Wildman–Crippen MR) is 115 cm³/mol. The molecule has 31 heavy (non-hydrogen) atoms. The van der Waals surface area contributed by atoms with Gasteiger partial charge in [-0.2, -0.15) is 5.10 Å². The molecule has 0 atom stereocenters. The van der Waals surface area contributed by atoms with E-state index in [0.29, 0.717) is 36.7 Å². The highest BCUT2D eigenvalue weighted by molar-refractivity contribution is 5.97. The molecule has 0 bridgehead atoms. The minimum Gasteiger partial charge on any atom is -0.493 e. The third-order valence-electron chi connectivity index (χ3n) is 5.16. The van der Waals surface area contributed by atoms with Crippen LogP contribution in [-0.2, 0) is 17.8 Å². The summed E-state index contributed by atoms with van der Waals surface area (Å²) in [6.45, 7) is 0.536. The van der Waals surface area contributed by atoms with E-state index in [9.17, 15) is 9.59 Å². The number of carbonyl (C=O) groups excluding carboxylic acids is 1. The molecule has 8 heteroatoms. The molecule has 1 aliphatic heterocycles. The van der Waals surface area contributed by atoms with Gasteiger partial charge in [-0.3, -0.25) is 9.59 Å². The molecule has 0 aliphatic carbocycles. The van der Waals surface area contributed by atoms with Crippen molar-refractivity contribution in [3.05, 3.63) is 76.2 Å². The van der Waals surface area contributed by atoms with Crippen molar-refractivity contribution in [1.82, 2.24) is 9.78 Å². The Labute approximate surface area is 179 Å². The van der Waals surface area contributed by atoms with E-state index in [-0.39, 0.29) is 23.8 Å². The Morgan fingerprint density at radius 1 is 1.00 bits per heavy atom. The summed E-state index contributed by atoms with van der Waals surface area (Å²) in [5, 5.41) is 4.27. The summed E-state index contributed by atoms with van der Waals surface area (Å²) in [5.74, 6) is 1.20. The Bertz CT molecular complexity index is 1140. The molecule has 1 amide bonds. The van der Waals surface area contributed by atoms with Crippen LogP contribution in [0.5, 0.6) is 17.2 Å². The van der Waals surface area contributed by atoms with E-state index in [4.69, 9.17) is 14.2 Å². The highest BCUT2D eigenvalue weighted by Gasteiger charge is 2.29. The van der Waals surface area contributed by atoms with Crippen LogP contribution in [0.4, 0.5) is 5.69 Å². The quantitative estimate of drug-likeness (QED) is 0.582. The molecular weight excluding hydrogens is 398 g/mol. The van der Waals surface area contributed by atoms with Gasteiger partial charge in [-0.15, -0.1) is 0 Å². The number of anilines is 1. The third kappa shape index (κ3) is 4.23. The first-order chi connectivity index (χ1) is 15.1. The van der Waals surface area contributed by atoms with Gasteiger partial charge in [0.05, 0.1) is 27.0 Å². The number of amides is 1. The lowest BCUT2D eigenvalue weighted by Gasteiger charge is -2.28. The van der Waals surface area contributed by atoms with Gasteiger partial charge >= 0.3 is 5.56 Å². The zero-order valence-corrected chi connectivity index (χ0v) is 17.4. The van der Waals surface area contributed by atoms with Crippen molar-refractivity contribution in [1.29, 1.82) is 0 Å². The zero-order valence-electron chi connectivity index (χ0n) is 17.4. The molecule has 3 aromatic rings. The van der Waals surface area contributed by atoms with Crippen LogP contribution in [0.2, 0.25) is 0 Å². The number of ether oxygens (including phenoxy) is 3. The molecule has 4 rings (SSSR count). The van der Waals surface area contributed by atoms with Crippen LogP contribution in [0.15, 0.2) is 59.5 Å². The van der Waals surface area contributed by atoms with E-state index in [0.717, 1.165) is 11.1 Å². The fraction of sp³-hybridized carbons (Fsp3) is 0.261. The van der Waals surface area contributed by atoms with Crippen molar-refractivity contribution in [2.45, 2.75) is 13.0 Å². The zero-order chi connectivity index (χ0) is 21.8. The van der Waals surface area contributed by atoms with E-state index in [1.54, 1.807) is 19.1 Å². The topological polar surface area (TPSA) is 82.9 Å². The fourth-order valence-electron chi connectivity index (χ4n) is 3.53. The number of benzene rings is 2. The summed E-state index contributed by atoms with van der Waals surface area (Å²) in [5.41, 5.74) is 1.97. The minimum atomic E-state index is -0.357. The van der Waals surface area contributed by atoms with Crippen molar-refractivity contribution in [3.8, 4) is 17.2 Å². The highest BCUT2D eigenvalue weighted by Crippen LogP contribution is 2.30. The molecule has 1 aliphatic rings. The molecular formula is C23H23N3O5. The first kappa shape index (κ1) is 20.5. The predicted octanol–water partition coefficient (Wildman–Crippen LogP) is 2.28. The van der Waals surface area contributed by atoms with Gasteiger partial charge in [-0.1, -0.05) is 36.4 Å². The molecule has 0 saturated heterocycles. The number of hydrogen-bond acceptors (Lipinski definition) is 6. The largest absolute Gasteiger partial charge is 0.493 e. The first-order valence-corrected chi connectivity index (χ1v) is 9.89. The lowest BCUT2D eigenvalue weighted by atomic mass is 10.1. The van der Waals surface area contributed by atoms with Crippen LogP contribution >= 0.6 is 0 Å². The number of nitrogens with zero attached hydrogens (tertiary/aromatic N) is 3. The molecule has 160 valence electrons. The molecule has 0 N–H and O–H groups in total. The van der Waals surface area contributed by atoms with Gasteiger partial charge in [0.2, 0.25) is 5.75 Å². The van der Waals surface area contributed by atoms with Crippen molar-refractivity contribution in [3.63, 3.8) is 0 Å². The van der Waals surface area contributed by atoms with Crippen LogP contribution in [0, 0.1) is 0 Å². The first-order valence-electron chi connectivity index (χ1n) is 9.89. The molecule has 2 heterocycles. The van der Waals surface area contributed by atoms with E-state index in [2.05, 4.69) is 5.10 Å². The van der Waals surface area contributed by atoms with Gasteiger partial charge in [0, 0.05) is 6.54 Å². The lowest BCUT2D eigenvalue weighted by Crippen LogP contribution is -2.43.